The Morgan fingerprint density at radius 2 is 2.11 bits per heavy atom. The zero-order valence-electron chi connectivity index (χ0n) is 10.0. The predicted octanol–water partition coefficient (Wildman–Crippen LogP) is 2.03. The summed E-state index contributed by atoms with van der Waals surface area (Å²) in [6.45, 7) is 1.84. The van der Waals surface area contributed by atoms with E-state index in [0.717, 1.165) is 5.82 Å². The van der Waals surface area contributed by atoms with E-state index in [9.17, 15) is 10.1 Å². The molecule has 7 nitrogen and oxygen atoms in total. The first-order chi connectivity index (χ1) is 9.16. The molecule has 3 aromatic rings. The lowest BCUT2D eigenvalue weighted by molar-refractivity contribution is -0.384. The second-order valence-electron chi connectivity index (χ2n) is 4.00. The maximum Gasteiger partial charge on any atom is 0.270 e. The molecule has 7 heteroatoms. The zero-order valence-corrected chi connectivity index (χ0v) is 10.0. The Morgan fingerprint density at radius 1 is 1.26 bits per heavy atom. The van der Waals surface area contributed by atoms with E-state index >= 15 is 0 Å². The van der Waals surface area contributed by atoms with Crippen LogP contribution in [-0.2, 0) is 0 Å². The van der Waals surface area contributed by atoms with Crippen LogP contribution >= 0.6 is 0 Å². The molecule has 94 valence electrons. The molecule has 0 saturated carbocycles. The second kappa shape index (κ2) is 4.13. The number of nitro benzene ring substituents is 1. The van der Waals surface area contributed by atoms with Gasteiger partial charge in [0, 0.05) is 24.5 Å². The van der Waals surface area contributed by atoms with Crippen LogP contribution in [0.25, 0.3) is 16.7 Å². The highest BCUT2D eigenvalue weighted by Gasteiger charge is 2.12. The summed E-state index contributed by atoms with van der Waals surface area (Å²) in [5, 5.41) is 11.5. The van der Waals surface area contributed by atoms with E-state index in [1.807, 2.05) is 6.92 Å². The van der Waals surface area contributed by atoms with Crippen molar-refractivity contribution in [3.05, 3.63) is 52.9 Å². The van der Waals surface area contributed by atoms with Crippen LogP contribution < -0.4 is 0 Å². The quantitative estimate of drug-likeness (QED) is 0.516. The first-order valence-corrected chi connectivity index (χ1v) is 5.56. The number of nitrogens with zero attached hydrogens (tertiary/aromatic N) is 5. The van der Waals surface area contributed by atoms with Crippen LogP contribution in [0.3, 0.4) is 0 Å². The SMILES string of the molecule is Cc1nccn1-c1ncnc2ccc([N+](=O)[O-])cc12. The van der Waals surface area contributed by atoms with Crippen molar-refractivity contribution in [1.29, 1.82) is 0 Å². The summed E-state index contributed by atoms with van der Waals surface area (Å²) >= 11 is 0. The predicted molar refractivity (Wildman–Crippen MR) is 68.1 cm³/mol. The smallest absolute Gasteiger partial charge is 0.270 e. The fourth-order valence-electron chi connectivity index (χ4n) is 1.94. The second-order valence-corrected chi connectivity index (χ2v) is 4.00. The maximum absolute atomic E-state index is 10.9. The molecule has 0 unspecified atom stereocenters. The molecule has 2 aromatic heterocycles. The Morgan fingerprint density at radius 3 is 2.79 bits per heavy atom. The molecule has 0 spiro atoms. The van der Waals surface area contributed by atoms with E-state index in [4.69, 9.17) is 0 Å². The van der Waals surface area contributed by atoms with Crippen LogP contribution in [0.15, 0.2) is 36.9 Å². The Kier molecular flexibility index (Phi) is 2.45. The van der Waals surface area contributed by atoms with E-state index < -0.39 is 4.92 Å². The lowest BCUT2D eigenvalue weighted by Crippen LogP contribution is -2.01. The molecule has 0 atom stereocenters. The Labute approximate surface area is 107 Å². The average Bonchev–Trinajstić information content (AvgIpc) is 2.83. The number of aromatic nitrogens is 4. The minimum atomic E-state index is -0.434. The number of non-ortho nitro benzene ring substituents is 1. The molecule has 2 heterocycles. The number of hydrogen-bond donors (Lipinski definition) is 0. The van der Waals surface area contributed by atoms with Gasteiger partial charge in [0.2, 0.25) is 0 Å². The van der Waals surface area contributed by atoms with Crippen LogP contribution in [0.4, 0.5) is 5.69 Å². The largest absolute Gasteiger partial charge is 0.288 e. The van der Waals surface area contributed by atoms with Crippen LogP contribution in [0, 0.1) is 17.0 Å². The van der Waals surface area contributed by atoms with Gasteiger partial charge < -0.3 is 0 Å². The van der Waals surface area contributed by atoms with Crippen molar-refractivity contribution in [1.82, 2.24) is 19.5 Å². The number of rotatable bonds is 2. The summed E-state index contributed by atoms with van der Waals surface area (Å²) in [7, 11) is 0. The molecule has 0 N–H and O–H groups in total. The molecule has 0 saturated heterocycles. The van der Waals surface area contributed by atoms with Gasteiger partial charge >= 0.3 is 0 Å². The first-order valence-electron chi connectivity index (χ1n) is 5.56. The summed E-state index contributed by atoms with van der Waals surface area (Å²) < 4.78 is 1.77. The van der Waals surface area contributed by atoms with E-state index in [-0.39, 0.29) is 5.69 Å². The van der Waals surface area contributed by atoms with Gasteiger partial charge in [0.1, 0.15) is 18.0 Å². The van der Waals surface area contributed by atoms with Crippen molar-refractivity contribution < 1.29 is 4.92 Å². The average molecular weight is 255 g/mol. The summed E-state index contributed by atoms with van der Waals surface area (Å²) in [6, 6.07) is 4.52. The van der Waals surface area contributed by atoms with Crippen LogP contribution in [-0.4, -0.2) is 24.4 Å². The third-order valence-electron chi connectivity index (χ3n) is 2.86. The number of benzene rings is 1. The van der Waals surface area contributed by atoms with E-state index in [2.05, 4.69) is 15.0 Å². The third kappa shape index (κ3) is 1.81. The molecule has 0 fully saturated rings. The monoisotopic (exact) mass is 255 g/mol. The Balaban J connectivity index is 2.33. The van der Waals surface area contributed by atoms with Crippen molar-refractivity contribution in [3.8, 4) is 5.82 Å². The Bertz CT molecular complexity index is 781. The van der Waals surface area contributed by atoms with Crippen LogP contribution in [0.1, 0.15) is 5.82 Å². The minimum Gasteiger partial charge on any atom is -0.288 e. The third-order valence-corrected chi connectivity index (χ3v) is 2.86. The number of fused-ring (bicyclic) bond motifs is 1. The van der Waals surface area contributed by atoms with Crippen molar-refractivity contribution in [2.75, 3.05) is 0 Å². The number of nitro groups is 1. The van der Waals surface area contributed by atoms with Gasteiger partial charge in [0.05, 0.1) is 15.8 Å². The van der Waals surface area contributed by atoms with E-state index in [1.165, 1.54) is 18.5 Å². The molecular weight excluding hydrogens is 246 g/mol. The molecule has 1 aromatic carbocycles. The highest BCUT2D eigenvalue weighted by Crippen LogP contribution is 2.24. The van der Waals surface area contributed by atoms with Crippen molar-refractivity contribution in [2.24, 2.45) is 0 Å². The van der Waals surface area contributed by atoms with Crippen molar-refractivity contribution >= 4 is 16.6 Å². The number of hydrogen-bond acceptors (Lipinski definition) is 5. The molecule has 0 radical (unpaired) electrons. The molecule has 19 heavy (non-hydrogen) atoms. The van der Waals surface area contributed by atoms with Gasteiger partial charge in [-0.3, -0.25) is 14.7 Å². The molecule has 0 bridgehead atoms. The van der Waals surface area contributed by atoms with Crippen molar-refractivity contribution in [3.63, 3.8) is 0 Å². The Hall–Kier alpha value is -2.83. The standard InChI is InChI=1S/C12H9N5O2/c1-8-13-4-5-16(8)12-10-6-9(17(18)19)2-3-11(10)14-7-15-12/h2-7H,1H3. The van der Waals surface area contributed by atoms with E-state index in [0.29, 0.717) is 16.7 Å². The lowest BCUT2D eigenvalue weighted by atomic mass is 10.2. The van der Waals surface area contributed by atoms with Gasteiger partial charge in [-0.15, -0.1) is 0 Å². The van der Waals surface area contributed by atoms with Gasteiger partial charge in [-0.25, -0.2) is 15.0 Å². The zero-order chi connectivity index (χ0) is 13.4. The molecule has 3 rings (SSSR count). The minimum absolute atomic E-state index is 0.0151. The van der Waals surface area contributed by atoms with Gasteiger partial charge in [0.25, 0.3) is 5.69 Å². The molecule has 0 aliphatic rings. The summed E-state index contributed by atoms with van der Waals surface area (Å²) in [6.07, 6.45) is 4.85. The topological polar surface area (TPSA) is 86.7 Å². The van der Waals surface area contributed by atoms with Crippen molar-refractivity contribution in [2.45, 2.75) is 6.92 Å². The maximum atomic E-state index is 10.9. The lowest BCUT2D eigenvalue weighted by Gasteiger charge is -2.07. The van der Waals surface area contributed by atoms with Gasteiger partial charge in [-0.1, -0.05) is 0 Å². The highest BCUT2D eigenvalue weighted by molar-refractivity contribution is 5.87. The van der Waals surface area contributed by atoms with E-state index in [1.54, 1.807) is 23.0 Å². The summed E-state index contributed by atoms with van der Waals surface area (Å²) in [5.74, 6) is 1.34. The number of aryl methyl sites for hydroxylation is 1. The molecule has 0 amide bonds. The molecule has 0 aliphatic carbocycles. The number of imidazole rings is 1. The van der Waals surface area contributed by atoms with Gasteiger partial charge in [0.15, 0.2) is 0 Å². The van der Waals surface area contributed by atoms with Crippen LogP contribution in [0.2, 0.25) is 0 Å². The summed E-state index contributed by atoms with van der Waals surface area (Å²) in [5.41, 5.74) is 0.671. The molecule has 0 aliphatic heterocycles. The van der Waals surface area contributed by atoms with Gasteiger partial charge in [-0.2, -0.15) is 0 Å². The normalized spacial score (nSPS) is 10.8. The molecular formula is C12H9N5O2. The fraction of sp³-hybridized carbons (Fsp3) is 0.0833. The highest BCUT2D eigenvalue weighted by atomic mass is 16.6. The van der Waals surface area contributed by atoms with Gasteiger partial charge in [-0.05, 0) is 13.0 Å². The summed E-state index contributed by atoms with van der Waals surface area (Å²) in [4.78, 5) is 22.9. The first kappa shape index (κ1) is 11.3. The fourth-order valence-corrected chi connectivity index (χ4v) is 1.94. The van der Waals surface area contributed by atoms with Crippen LogP contribution in [0.5, 0.6) is 0 Å².